The fourth-order valence-electron chi connectivity index (χ4n) is 2.65. The fraction of sp³-hybridized carbons (Fsp3) is 0.909. The maximum absolute atomic E-state index is 11.6. The summed E-state index contributed by atoms with van der Waals surface area (Å²) in [7, 11) is 0. The Hall–Kier alpha value is -0.260. The lowest BCUT2D eigenvalue weighted by Gasteiger charge is -2.42. The van der Waals surface area contributed by atoms with Crippen LogP contribution in [-0.2, 0) is 4.79 Å². The molecule has 92 valence electrons. The van der Waals surface area contributed by atoms with Gasteiger partial charge in [-0.05, 0) is 37.3 Å². The number of carbonyl (C=O) groups is 1. The molecule has 0 aromatic rings. The molecule has 16 heavy (non-hydrogen) atoms. The monoisotopic (exact) mass is 244 g/mol. The Bertz CT molecular complexity index is 246. The van der Waals surface area contributed by atoms with Crippen LogP contribution in [0.2, 0.25) is 0 Å². The number of hydrogen-bond acceptors (Lipinski definition) is 4. The lowest BCUT2D eigenvalue weighted by Crippen LogP contribution is -2.57. The van der Waals surface area contributed by atoms with Gasteiger partial charge in [-0.1, -0.05) is 0 Å². The molecule has 0 spiro atoms. The maximum Gasteiger partial charge on any atom is 0.324 e. The molecule has 2 N–H and O–H groups in total. The summed E-state index contributed by atoms with van der Waals surface area (Å²) in [5, 5.41) is 12.9. The van der Waals surface area contributed by atoms with Crippen LogP contribution in [0.1, 0.15) is 19.3 Å². The highest BCUT2D eigenvalue weighted by atomic mass is 32.2. The van der Waals surface area contributed by atoms with Crippen molar-refractivity contribution in [3.8, 4) is 0 Å². The van der Waals surface area contributed by atoms with Gasteiger partial charge in [0.25, 0.3) is 0 Å². The summed E-state index contributed by atoms with van der Waals surface area (Å²) in [4.78, 5) is 13.8. The van der Waals surface area contributed by atoms with E-state index < -0.39 is 11.5 Å². The molecule has 2 aliphatic heterocycles. The van der Waals surface area contributed by atoms with Gasteiger partial charge in [-0.2, -0.15) is 11.8 Å². The molecule has 4 nitrogen and oxygen atoms in total. The third kappa shape index (κ3) is 2.36. The van der Waals surface area contributed by atoms with Gasteiger partial charge in [-0.15, -0.1) is 0 Å². The molecule has 0 atom stereocenters. The third-order valence-corrected chi connectivity index (χ3v) is 4.65. The topological polar surface area (TPSA) is 52.6 Å². The van der Waals surface area contributed by atoms with Crippen molar-refractivity contribution >= 4 is 17.7 Å². The lowest BCUT2D eigenvalue weighted by molar-refractivity contribution is -0.152. The molecule has 2 heterocycles. The van der Waals surface area contributed by atoms with Crippen molar-refractivity contribution in [1.82, 2.24) is 10.2 Å². The standard InChI is InChI=1S/C11H20N2O2S/c14-10(15)11(2-8-16-9-3-11)13-6-1-4-12-5-7-13/h12H,1-9H2,(H,14,15). The van der Waals surface area contributed by atoms with Crippen molar-refractivity contribution in [1.29, 1.82) is 0 Å². The number of aliphatic carboxylic acids is 1. The van der Waals surface area contributed by atoms with Crippen LogP contribution in [0.4, 0.5) is 0 Å². The molecule has 0 radical (unpaired) electrons. The van der Waals surface area contributed by atoms with Crippen LogP contribution in [-0.4, -0.2) is 59.2 Å². The van der Waals surface area contributed by atoms with Gasteiger partial charge in [-0.25, -0.2) is 0 Å². The van der Waals surface area contributed by atoms with Gasteiger partial charge in [0.1, 0.15) is 5.54 Å². The summed E-state index contributed by atoms with van der Waals surface area (Å²) in [6.07, 6.45) is 2.65. The SMILES string of the molecule is O=C(O)C1(N2CCCNCC2)CCSCC1. The Kier molecular flexibility index (Phi) is 4.10. The molecule has 0 unspecified atom stereocenters. The van der Waals surface area contributed by atoms with E-state index in [0.29, 0.717) is 0 Å². The van der Waals surface area contributed by atoms with E-state index in [2.05, 4.69) is 10.2 Å². The molecular formula is C11H20N2O2S. The van der Waals surface area contributed by atoms with Crippen LogP contribution in [0.15, 0.2) is 0 Å². The van der Waals surface area contributed by atoms with Crippen LogP contribution in [0.25, 0.3) is 0 Å². The van der Waals surface area contributed by atoms with Gasteiger partial charge in [-0.3, -0.25) is 9.69 Å². The van der Waals surface area contributed by atoms with E-state index >= 15 is 0 Å². The molecule has 0 aliphatic carbocycles. The van der Waals surface area contributed by atoms with Gasteiger partial charge in [0.05, 0.1) is 0 Å². The minimum absolute atomic E-state index is 0.572. The second kappa shape index (κ2) is 5.38. The molecular weight excluding hydrogens is 224 g/mol. The van der Waals surface area contributed by atoms with Gasteiger partial charge in [0.15, 0.2) is 0 Å². The molecule has 0 bridgehead atoms. The Balaban J connectivity index is 2.12. The molecule has 2 fully saturated rings. The number of thioether (sulfide) groups is 1. The Labute approximate surface area is 101 Å². The summed E-state index contributed by atoms with van der Waals surface area (Å²) in [6.45, 7) is 3.73. The van der Waals surface area contributed by atoms with E-state index in [-0.39, 0.29) is 0 Å². The molecule has 0 amide bonds. The number of rotatable bonds is 2. The average molecular weight is 244 g/mol. The summed E-state index contributed by atoms with van der Waals surface area (Å²) >= 11 is 1.88. The first-order valence-electron chi connectivity index (χ1n) is 6.03. The number of nitrogens with zero attached hydrogens (tertiary/aromatic N) is 1. The molecule has 2 rings (SSSR count). The summed E-state index contributed by atoms with van der Waals surface area (Å²) < 4.78 is 0. The van der Waals surface area contributed by atoms with Crippen molar-refractivity contribution in [3.63, 3.8) is 0 Å². The number of nitrogens with one attached hydrogen (secondary N) is 1. The first-order valence-corrected chi connectivity index (χ1v) is 7.18. The second-order valence-corrected chi connectivity index (χ2v) is 5.76. The lowest BCUT2D eigenvalue weighted by atomic mass is 9.89. The highest BCUT2D eigenvalue weighted by molar-refractivity contribution is 7.99. The molecule has 0 saturated carbocycles. The number of carboxylic acid groups (broad SMARTS) is 1. The van der Waals surface area contributed by atoms with E-state index in [4.69, 9.17) is 0 Å². The number of hydrogen-bond donors (Lipinski definition) is 2. The zero-order valence-corrected chi connectivity index (χ0v) is 10.4. The fourth-order valence-corrected chi connectivity index (χ4v) is 3.82. The zero-order valence-electron chi connectivity index (χ0n) is 9.57. The van der Waals surface area contributed by atoms with Gasteiger partial charge >= 0.3 is 5.97 Å². The van der Waals surface area contributed by atoms with Gasteiger partial charge < -0.3 is 10.4 Å². The maximum atomic E-state index is 11.6. The zero-order chi connectivity index (χ0) is 11.4. The van der Waals surface area contributed by atoms with E-state index in [9.17, 15) is 9.90 Å². The molecule has 2 saturated heterocycles. The van der Waals surface area contributed by atoms with Gasteiger partial charge in [0.2, 0.25) is 0 Å². The molecule has 0 aromatic carbocycles. The van der Waals surface area contributed by atoms with Crippen molar-refractivity contribution in [3.05, 3.63) is 0 Å². The summed E-state index contributed by atoms with van der Waals surface area (Å²) in [6, 6.07) is 0. The predicted molar refractivity (Wildman–Crippen MR) is 66.0 cm³/mol. The van der Waals surface area contributed by atoms with Crippen LogP contribution in [0.3, 0.4) is 0 Å². The van der Waals surface area contributed by atoms with Crippen molar-refractivity contribution < 1.29 is 9.90 Å². The molecule has 5 heteroatoms. The highest BCUT2D eigenvalue weighted by Crippen LogP contribution is 2.33. The average Bonchev–Trinajstić information content (AvgIpc) is 2.58. The predicted octanol–water partition coefficient (Wildman–Crippen LogP) is 0.632. The molecule has 0 aromatic heterocycles. The van der Waals surface area contributed by atoms with E-state index in [1.54, 1.807) is 0 Å². The van der Waals surface area contributed by atoms with Crippen LogP contribution >= 0.6 is 11.8 Å². The van der Waals surface area contributed by atoms with Crippen molar-refractivity contribution in [2.75, 3.05) is 37.7 Å². The summed E-state index contributed by atoms with van der Waals surface area (Å²) in [5.74, 6) is 1.35. The Morgan fingerprint density at radius 1 is 1.25 bits per heavy atom. The van der Waals surface area contributed by atoms with Gasteiger partial charge in [0, 0.05) is 19.6 Å². The Morgan fingerprint density at radius 3 is 2.69 bits per heavy atom. The molecule has 2 aliphatic rings. The normalized spacial score (nSPS) is 27.2. The summed E-state index contributed by atoms with van der Waals surface area (Å²) in [5.41, 5.74) is -0.572. The van der Waals surface area contributed by atoms with E-state index in [1.807, 2.05) is 11.8 Å². The second-order valence-electron chi connectivity index (χ2n) is 4.54. The van der Waals surface area contributed by atoms with Crippen molar-refractivity contribution in [2.24, 2.45) is 0 Å². The van der Waals surface area contributed by atoms with Crippen molar-refractivity contribution in [2.45, 2.75) is 24.8 Å². The third-order valence-electron chi connectivity index (χ3n) is 3.66. The quantitative estimate of drug-likeness (QED) is 0.746. The van der Waals surface area contributed by atoms with E-state index in [0.717, 1.165) is 56.9 Å². The highest BCUT2D eigenvalue weighted by Gasteiger charge is 2.44. The minimum atomic E-state index is -0.616. The van der Waals surface area contributed by atoms with Crippen LogP contribution in [0.5, 0.6) is 0 Å². The van der Waals surface area contributed by atoms with Crippen LogP contribution < -0.4 is 5.32 Å². The largest absolute Gasteiger partial charge is 0.480 e. The first-order chi connectivity index (χ1) is 7.76. The Morgan fingerprint density at radius 2 is 2.00 bits per heavy atom. The smallest absolute Gasteiger partial charge is 0.324 e. The van der Waals surface area contributed by atoms with Crippen LogP contribution in [0, 0.1) is 0 Å². The minimum Gasteiger partial charge on any atom is -0.480 e. The number of carboxylic acids is 1. The van der Waals surface area contributed by atoms with E-state index in [1.165, 1.54) is 0 Å². The first kappa shape index (κ1) is 12.2.